The molecule has 1 atom stereocenters. The molecule has 1 aliphatic carbocycles. The van der Waals surface area contributed by atoms with Gasteiger partial charge in [-0.2, -0.15) is 0 Å². The van der Waals surface area contributed by atoms with Crippen LogP contribution in [0.4, 0.5) is 10.1 Å². The lowest BCUT2D eigenvalue weighted by Crippen LogP contribution is -2.09. The average molecular weight is 464 g/mol. The number of benzene rings is 2. The first-order chi connectivity index (χ1) is 15.2. The van der Waals surface area contributed by atoms with Crippen LogP contribution in [-0.4, -0.2) is 17.1 Å². The Labute approximate surface area is 192 Å². The summed E-state index contributed by atoms with van der Waals surface area (Å²) in [4.78, 5) is 11.3. The molecule has 0 radical (unpaired) electrons. The van der Waals surface area contributed by atoms with Gasteiger partial charge in [-0.05, 0) is 61.1 Å². The number of thiophene rings is 1. The van der Waals surface area contributed by atoms with Crippen LogP contribution >= 0.6 is 34.0 Å². The maximum Gasteiger partial charge on any atom is 0.188 e. The van der Waals surface area contributed by atoms with Crippen LogP contribution in [0, 0.1) is 5.92 Å². The van der Waals surface area contributed by atoms with Gasteiger partial charge in [0, 0.05) is 10.4 Å². The summed E-state index contributed by atoms with van der Waals surface area (Å²) in [5, 5.41) is 6.86. The van der Waals surface area contributed by atoms with Gasteiger partial charge in [-0.1, -0.05) is 30.4 Å². The fourth-order valence-electron chi connectivity index (χ4n) is 4.23. The Bertz CT molecular complexity index is 1380. The number of para-hydroxylation sites is 1. The van der Waals surface area contributed by atoms with Gasteiger partial charge < -0.3 is 10.1 Å². The van der Waals surface area contributed by atoms with Crippen molar-refractivity contribution in [3.63, 3.8) is 0 Å². The SMILES string of the molecule is COc1ccc2nc(Nc3sc4c(c3-c3nc5ccccc5s3)CC[C@@H](C)C4)sc2c1. The van der Waals surface area contributed by atoms with E-state index in [9.17, 15) is 0 Å². The Morgan fingerprint density at radius 1 is 1.00 bits per heavy atom. The lowest BCUT2D eigenvalue weighted by Gasteiger charge is -2.18. The number of nitrogens with one attached hydrogen (secondary N) is 1. The zero-order chi connectivity index (χ0) is 20.9. The predicted octanol–water partition coefficient (Wildman–Crippen LogP) is 7.51. The van der Waals surface area contributed by atoms with Crippen molar-refractivity contribution in [2.75, 3.05) is 12.4 Å². The number of hydrogen-bond acceptors (Lipinski definition) is 7. The fraction of sp³-hybridized carbons (Fsp3) is 0.250. The Kier molecular flexibility index (Phi) is 4.70. The number of ether oxygens (including phenoxy) is 1. The van der Waals surface area contributed by atoms with Gasteiger partial charge in [0.2, 0.25) is 0 Å². The van der Waals surface area contributed by atoms with Crippen molar-refractivity contribution in [3.05, 3.63) is 52.9 Å². The van der Waals surface area contributed by atoms with E-state index in [4.69, 9.17) is 14.7 Å². The van der Waals surface area contributed by atoms with E-state index in [1.165, 1.54) is 32.1 Å². The molecule has 6 rings (SSSR count). The van der Waals surface area contributed by atoms with Crippen molar-refractivity contribution in [3.8, 4) is 16.3 Å². The van der Waals surface area contributed by atoms with Crippen LogP contribution in [0.1, 0.15) is 23.8 Å². The Balaban J connectivity index is 1.46. The number of thiazole rings is 2. The third-order valence-corrected chi connectivity index (χ3v) is 8.99. The number of nitrogens with zero attached hydrogens (tertiary/aromatic N) is 2. The second-order valence-corrected chi connectivity index (χ2v) is 11.2. The van der Waals surface area contributed by atoms with Gasteiger partial charge in [-0.25, -0.2) is 9.97 Å². The van der Waals surface area contributed by atoms with E-state index in [2.05, 4.69) is 36.5 Å². The smallest absolute Gasteiger partial charge is 0.188 e. The number of fused-ring (bicyclic) bond motifs is 3. The summed E-state index contributed by atoms with van der Waals surface area (Å²) in [5.74, 6) is 1.59. The van der Waals surface area contributed by atoms with E-state index in [1.54, 1.807) is 29.8 Å². The minimum atomic E-state index is 0.733. The quantitative estimate of drug-likeness (QED) is 0.299. The Morgan fingerprint density at radius 2 is 1.87 bits per heavy atom. The van der Waals surface area contributed by atoms with Gasteiger partial charge in [0.15, 0.2) is 5.13 Å². The highest BCUT2D eigenvalue weighted by molar-refractivity contribution is 7.24. The van der Waals surface area contributed by atoms with Crippen LogP contribution in [0.5, 0.6) is 5.75 Å². The minimum absolute atomic E-state index is 0.733. The molecular weight excluding hydrogens is 442 g/mol. The third-order valence-electron chi connectivity index (χ3n) is 5.84. The highest BCUT2D eigenvalue weighted by Gasteiger charge is 2.27. The Hall–Kier alpha value is -2.48. The zero-order valence-electron chi connectivity index (χ0n) is 17.3. The largest absolute Gasteiger partial charge is 0.497 e. The first-order valence-corrected chi connectivity index (χ1v) is 12.8. The van der Waals surface area contributed by atoms with E-state index in [0.29, 0.717) is 0 Å². The lowest BCUT2D eigenvalue weighted by atomic mass is 9.88. The number of methoxy groups -OCH3 is 1. The summed E-state index contributed by atoms with van der Waals surface area (Å²) >= 11 is 5.33. The Morgan fingerprint density at radius 3 is 2.74 bits per heavy atom. The molecule has 3 heterocycles. The van der Waals surface area contributed by atoms with E-state index in [0.717, 1.165) is 50.4 Å². The molecule has 0 fully saturated rings. The molecule has 0 spiro atoms. The molecule has 0 saturated carbocycles. The highest BCUT2D eigenvalue weighted by atomic mass is 32.1. The number of rotatable bonds is 4. The average Bonchev–Trinajstić information content (AvgIpc) is 3.46. The first kappa shape index (κ1) is 19.2. The molecule has 0 saturated heterocycles. The topological polar surface area (TPSA) is 47.0 Å². The predicted molar refractivity (Wildman–Crippen MR) is 134 cm³/mol. The fourth-order valence-corrected chi connectivity index (χ4v) is 7.71. The van der Waals surface area contributed by atoms with Crippen molar-refractivity contribution >= 4 is 64.6 Å². The van der Waals surface area contributed by atoms with E-state index >= 15 is 0 Å². The molecule has 3 aromatic heterocycles. The van der Waals surface area contributed by atoms with Gasteiger partial charge in [-0.3, -0.25) is 0 Å². The molecule has 5 aromatic rings. The van der Waals surface area contributed by atoms with Crippen molar-refractivity contribution in [1.82, 2.24) is 9.97 Å². The van der Waals surface area contributed by atoms with E-state index < -0.39 is 0 Å². The van der Waals surface area contributed by atoms with Crippen LogP contribution in [0.3, 0.4) is 0 Å². The standard InChI is InChI=1S/C24H21N3OS3/c1-13-7-9-15-19(11-13)30-23(21(15)22-25-16-5-3-4-6-18(16)29-22)27-24-26-17-10-8-14(28-2)12-20(17)31-24/h3-6,8,10,12-13H,7,9,11H2,1-2H3,(H,26,27)/t13-/m1/s1. The zero-order valence-corrected chi connectivity index (χ0v) is 19.7. The van der Waals surface area contributed by atoms with Crippen LogP contribution in [-0.2, 0) is 12.8 Å². The summed E-state index contributed by atoms with van der Waals surface area (Å²) < 4.78 is 7.73. The summed E-state index contributed by atoms with van der Waals surface area (Å²) in [6.45, 7) is 2.36. The second-order valence-electron chi connectivity index (χ2n) is 8.02. The van der Waals surface area contributed by atoms with E-state index in [-0.39, 0.29) is 0 Å². The number of anilines is 2. The maximum atomic E-state index is 5.37. The highest BCUT2D eigenvalue weighted by Crippen LogP contribution is 2.48. The summed E-state index contributed by atoms with van der Waals surface area (Å²) in [6, 6.07) is 14.4. The van der Waals surface area contributed by atoms with Crippen molar-refractivity contribution < 1.29 is 4.74 Å². The van der Waals surface area contributed by atoms with Crippen molar-refractivity contribution in [2.24, 2.45) is 5.92 Å². The molecular formula is C24H21N3OS3. The van der Waals surface area contributed by atoms with Gasteiger partial charge in [-0.15, -0.1) is 22.7 Å². The lowest BCUT2D eigenvalue weighted by molar-refractivity contribution is 0.415. The molecule has 7 heteroatoms. The van der Waals surface area contributed by atoms with Gasteiger partial charge in [0.25, 0.3) is 0 Å². The number of hydrogen-bond donors (Lipinski definition) is 1. The van der Waals surface area contributed by atoms with Crippen LogP contribution in [0.15, 0.2) is 42.5 Å². The van der Waals surface area contributed by atoms with Crippen molar-refractivity contribution in [1.29, 1.82) is 0 Å². The molecule has 2 aromatic carbocycles. The molecule has 1 N–H and O–H groups in total. The minimum Gasteiger partial charge on any atom is -0.497 e. The molecule has 156 valence electrons. The molecule has 0 bridgehead atoms. The monoisotopic (exact) mass is 463 g/mol. The van der Waals surface area contributed by atoms with Crippen LogP contribution in [0.25, 0.3) is 31.0 Å². The van der Waals surface area contributed by atoms with Crippen LogP contribution < -0.4 is 10.1 Å². The molecule has 0 aliphatic heterocycles. The summed E-state index contributed by atoms with van der Waals surface area (Å²) in [7, 11) is 1.70. The first-order valence-electron chi connectivity index (χ1n) is 10.4. The second kappa shape index (κ2) is 7.58. The van der Waals surface area contributed by atoms with Crippen LogP contribution in [0.2, 0.25) is 0 Å². The van der Waals surface area contributed by atoms with Gasteiger partial charge in [0.05, 0.1) is 27.5 Å². The third kappa shape index (κ3) is 3.41. The molecule has 0 amide bonds. The molecule has 1 aliphatic rings. The number of aromatic nitrogens is 2. The van der Waals surface area contributed by atoms with E-state index in [1.807, 2.05) is 29.5 Å². The molecule has 31 heavy (non-hydrogen) atoms. The molecule has 0 unspecified atom stereocenters. The van der Waals surface area contributed by atoms with Gasteiger partial charge >= 0.3 is 0 Å². The van der Waals surface area contributed by atoms with Gasteiger partial charge in [0.1, 0.15) is 15.8 Å². The summed E-state index contributed by atoms with van der Waals surface area (Å²) in [6.07, 6.45) is 3.51. The molecule has 4 nitrogen and oxygen atoms in total. The maximum absolute atomic E-state index is 5.37. The normalized spacial score (nSPS) is 16.0. The summed E-state index contributed by atoms with van der Waals surface area (Å²) in [5.41, 5.74) is 4.83. The van der Waals surface area contributed by atoms with Crippen molar-refractivity contribution in [2.45, 2.75) is 26.2 Å².